The minimum atomic E-state index is 0.521. The van der Waals surface area contributed by atoms with Gasteiger partial charge in [0, 0.05) is 12.6 Å². The van der Waals surface area contributed by atoms with Crippen LogP contribution in [0.1, 0.15) is 22.3 Å². The fourth-order valence-electron chi connectivity index (χ4n) is 2.32. The lowest BCUT2D eigenvalue weighted by Gasteiger charge is -2.19. The highest BCUT2D eigenvalue weighted by atomic mass is 16.5. The minimum absolute atomic E-state index is 0.521. The van der Waals surface area contributed by atoms with Crippen molar-refractivity contribution in [1.82, 2.24) is 0 Å². The number of benzene rings is 2. The third kappa shape index (κ3) is 3.11. The molecular weight excluding hydrogens is 248 g/mol. The van der Waals surface area contributed by atoms with E-state index in [2.05, 4.69) is 39.0 Å². The Morgan fingerprint density at radius 2 is 1.80 bits per heavy atom. The summed E-state index contributed by atoms with van der Waals surface area (Å²) in [6.45, 7) is 6.75. The molecule has 0 saturated heterocycles. The van der Waals surface area contributed by atoms with Crippen LogP contribution >= 0.6 is 0 Å². The average Bonchev–Trinajstić information content (AvgIpc) is 2.38. The van der Waals surface area contributed by atoms with Crippen molar-refractivity contribution in [2.75, 3.05) is 12.1 Å². The number of rotatable bonds is 4. The Balaban J connectivity index is 2.23. The summed E-state index contributed by atoms with van der Waals surface area (Å²) in [5.41, 5.74) is 5.70. The molecule has 0 aromatic heterocycles. The number of ether oxygens (including phenoxy) is 1. The molecule has 0 aliphatic rings. The first-order chi connectivity index (χ1) is 9.49. The molecule has 3 nitrogen and oxygen atoms in total. The molecule has 0 radical (unpaired) electrons. The maximum atomic E-state index is 5.97. The molecule has 0 saturated carbocycles. The lowest BCUT2D eigenvalue weighted by molar-refractivity contribution is 0.303. The lowest BCUT2D eigenvalue weighted by Crippen LogP contribution is -2.26. The minimum Gasteiger partial charge on any atom is -0.489 e. The third-order valence-electron chi connectivity index (χ3n) is 3.47. The molecule has 0 aliphatic carbocycles. The van der Waals surface area contributed by atoms with E-state index >= 15 is 0 Å². The number of hydrogen-bond donors (Lipinski definition) is 1. The number of hydrazine groups is 1. The summed E-state index contributed by atoms with van der Waals surface area (Å²) in [4.78, 5) is 0. The number of aryl methyl sites for hydroxylation is 3. The highest BCUT2D eigenvalue weighted by Gasteiger charge is 2.09. The fourth-order valence-corrected chi connectivity index (χ4v) is 2.32. The molecule has 3 heteroatoms. The van der Waals surface area contributed by atoms with Gasteiger partial charge in [-0.1, -0.05) is 29.8 Å². The zero-order chi connectivity index (χ0) is 14.7. The first-order valence-corrected chi connectivity index (χ1v) is 6.76. The van der Waals surface area contributed by atoms with Gasteiger partial charge in [0.25, 0.3) is 0 Å². The van der Waals surface area contributed by atoms with E-state index in [4.69, 9.17) is 10.6 Å². The molecule has 0 aliphatic heterocycles. The molecular formula is C17H22N2O. The van der Waals surface area contributed by atoms with E-state index in [0.29, 0.717) is 6.61 Å². The summed E-state index contributed by atoms with van der Waals surface area (Å²) in [6, 6.07) is 12.3. The molecule has 0 heterocycles. The van der Waals surface area contributed by atoms with Gasteiger partial charge < -0.3 is 9.75 Å². The van der Waals surface area contributed by atoms with Gasteiger partial charge in [-0.05, 0) is 44.0 Å². The molecule has 20 heavy (non-hydrogen) atoms. The molecule has 0 amide bonds. The number of nitrogens with zero attached hydrogens (tertiary/aromatic N) is 1. The summed E-state index contributed by atoms with van der Waals surface area (Å²) in [5.74, 6) is 6.80. The van der Waals surface area contributed by atoms with Crippen molar-refractivity contribution in [2.45, 2.75) is 27.4 Å². The molecule has 0 unspecified atom stereocenters. The van der Waals surface area contributed by atoms with Crippen LogP contribution in [0.15, 0.2) is 36.4 Å². The topological polar surface area (TPSA) is 38.5 Å². The first kappa shape index (κ1) is 14.4. The van der Waals surface area contributed by atoms with Crippen LogP contribution in [-0.4, -0.2) is 7.05 Å². The van der Waals surface area contributed by atoms with Crippen molar-refractivity contribution in [3.63, 3.8) is 0 Å². The third-order valence-corrected chi connectivity index (χ3v) is 3.47. The van der Waals surface area contributed by atoms with Crippen LogP contribution in [0.2, 0.25) is 0 Å². The summed E-state index contributed by atoms with van der Waals surface area (Å²) >= 11 is 0. The smallest absolute Gasteiger partial charge is 0.122 e. The van der Waals surface area contributed by atoms with Crippen molar-refractivity contribution in [3.05, 3.63) is 58.7 Å². The van der Waals surface area contributed by atoms with Gasteiger partial charge in [0.15, 0.2) is 0 Å². The van der Waals surface area contributed by atoms with Crippen molar-refractivity contribution >= 4 is 5.69 Å². The summed E-state index contributed by atoms with van der Waals surface area (Å²) in [5, 5.41) is 1.63. The number of hydrogen-bond acceptors (Lipinski definition) is 3. The first-order valence-electron chi connectivity index (χ1n) is 6.76. The van der Waals surface area contributed by atoms with E-state index in [-0.39, 0.29) is 0 Å². The highest BCUT2D eigenvalue weighted by Crippen LogP contribution is 2.25. The molecule has 2 aromatic carbocycles. The van der Waals surface area contributed by atoms with Crippen LogP contribution in [0.3, 0.4) is 0 Å². The summed E-state index contributed by atoms with van der Waals surface area (Å²) < 4.78 is 5.97. The Hall–Kier alpha value is -2.00. The maximum absolute atomic E-state index is 5.97. The Kier molecular flexibility index (Phi) is 4.30. The Morgan fingerprint density at radius 3 is 2.45 bits per heavy atom. The Labute approximate surface area is 120 Å². The second kappa shape index (κ2) is 5.97. The van der Waals surface area contributed by atoms with Crippen LogP contribution < -0.4 is 15.6 Å². The van der Waals surface area contributed by atoms with Crippen LogP contribution in [0.4, 0.5) is 5.69 Å². The molecule has 2 aromatic rings. The van der Waals surface area contributed by atoms with Gasteiger partial charge in [-0.3, -0.25) is 0 Å². The molecule has 2 rings (SSSR count). The predicted octanol–water partition coefficient (Wildman–Crippen LogP) is 3.50. The number of anilines is 1. The summed E-state index contributed by atoms with van der Waals surface area (Å²) in [6.07, 6.45) is 0. The van der Waals surface area contributed by atoms with E-state index in [1.54, 1.807) is 5.01 Å². The number of nitrogens with two attached hydrogens (primary N) is 1. The second-order valence-corrected chi connectivity index (χ2v) is 5.24. The average molecular weight is 270 g/mol. The molecule has 106 valence electrons. The SMILES string of the molecule is Cc1ccc(OCc2c(C)cccc2N(C)N)c(C)c1. The van der Waals surface area contributed by atoms with E-state index in [9.17, 15) is 0 Å². The van der Waals surface area contributed by atoms with E-state index in [1.807, 2.05) is 25.2 Å². The van der Waals surface area contributed by atoms with Crippen molar-refractivity contribution in [1.29, 1.82) is 0 Å². The molecule has 0 bridgehead atoms. The second-order valence-electron chi connectivity index (χ2n) is 5.24. The molecule has 0 atom stereocenters. The van der Waals surface area contributed by atoms with Crippen molar-refractivity contribution < 1.29 is 4.74 Å². The largest absolute Gasteiger partial charge is 0.489 e. The van der Waals surface area contributed by atoms with Gasteiger partial charge >= 0.3 is 0 Å². The van der Waals surface area contributed by atoms with Gasteiger partial charge in [0.05, 0.1) is 5.69 Å². The zero-order valence-corrected chi connectivity index (χ0v) is 12.6. The van der Waals surface area contributed by atoms with E-state index < -0.39 is 0 Å². The Morgan fingerprint density at radius 1 is 1.05 bits per heavy atom. The van der Waals surface area contributed by atoms with Gasteiger partial charge in [-0.2, -0.15) is 0 Å². The Bertz CT molecular complexity index is 606. The highest BCUT2D eigenvalue weighted by molar-refractivity contribution is 5.55. The van der Waals surface area contributed by atoms with Gasteiger partial charge in [0.1, 0.15) is 12.4 Å². The van der Waals surface area contributed by atoms with E-state index in [0.717, 1.165) is 22.6 Å². The monoisotopic (exact) mass is 270 g/mol. The molecule has 2 N–H and O–H groups in total. The van der Waals surface area contributed by atoms with Gasteiger partial charge in [-0.15, -0.1) is 0 Å². The van der Waals surface area contributed by atoms with Crippen molar-refractivity contribution in [3.8, 4) is 5.75 Å². The van der Waals surface area contributed by atoms with Crippen LogP contribution in [0.25, 0.3) is 0 Å². The van der Waals surface area contributed by atoms with Gasteiger partial charge in [0.2, 0.25) is 0 Å². The lowest BCUT2D eigenvalue weighted by atomic mass is 10.1. The fraction of sp³-hybridized carbons (Fsp3) is 0.294. The van der Waals surface area contributed by atoms with Crippen molar-refractivity contribution in [2.24, 2.45) is 5.84 Å². The van der Waals surface area contributed by atoms with Gasteiger partial charge in [-0.25, -0.2) is 5.84 Å². The molecule has 0 fully saturated rings. The standard InChI is InChI=1S/C17H22N2O/c1-12-8-9-17(14(3)10-12)20-11-15-13(2)6-5-7-16(15)19(4)18/h5-10H,11,18H2,1-4H3. The quantitative estimate of drug-likeness (QED) is 0.682. The van der Waals surface area contributed by atoms with E-state index in [1.165, 1.54) is 11.1 Å². The normalized spacial score (nSPS) is 10.4. The van der Waals surface area contributed by atoms with Crippen LogP contribution in [0, 0.1) is 20.8 Å². The zero-order valence-electron chi connectivity index (χ0n) is 12.6. The maximum Gasteiger partial charge on any atom is 0.122 e. The summed E-state index contributed by atoms with van der Waals surface area (Å²) in [7, 11) is 1.84. The van der Waals surface area contributed by atoms with Crippen LogP contribution in [-0.2, 0) is 6.61 Å². The van der Waals surface area contributed by atoms with Crippen LogP contribution in [0.5, 0.6) is 5.75 Å². The predicted molar refractivity (Wildman–Crippen MR) is 84.0 cm³/mol. The molecule has 0 spiro atoms.